The summed E-state index contributed by atoms with van der Waals surface area (Å²) in [4.78, 5) is 11.0. The van der Waals surface area contributed by atoms with Gasteiger partial charge in [0.15, 0.2) is 0 Å². The van der Waals surface area contributed by atoms with Crippen LogP contribution in [0.5, 0.6) is 0 Å². The summed E-state index contributed by atoms with van der Waals surface area (Å²) in [5.41, 5.74) is 4.95. The molecule has 0 aliphatic heterocycles. The molecule has 3 nitrogen and oxygen atoms in total. The van der Waals surface area contributed by atoms with E-state index in [0.29, 0.717) is 10.6 Å². The molecule has 1 aromatic rings. The molecule has 7 heteroatoms. The van der Waals surface area contributed by atoms with Crippen molar-refractivity contribution in [1.29, 1.82) is 0 Å². The molecule has 0 aliphatic rings. The number of carbonyl (C=O) groups is 1. The number of hydrogen-bond acceptors (Lipinski definition) is 3. The molecule has 1 aromatic carbocycles. The van der Waals surface area contributed by atoms with E-state index >= 15 is 0 Å². The molecule has 0 aliphatic carbocycles. The van der Waals surface area contributed by atoms with Crippen LogP contribution in [0.2, 0.25) is 0 Å². The van der Waals surface area contributed by atoms with Gasteiger partial charge in [-0.1, -0.05) is 6.08 Å². The van der Waals surface area contributed by atoms with E-state index in [4.69, 9.17) is 10.8 Å². The van der Waals surface area contributed by atoms with Gasteiger partial charge in [-0.15, -0.1) is 11.8 Å². The standard InChI is InChI=1S/C12H12F3NO2S/c1-7(11(17)18)4-5-19-10-3-2-8(6-9(10)16)12(13,14)15/h2-4,6H,5,16H2,1H3,(H,17,18). The van der Waals surface area contributed by atoms with Crippen LogP contribution in [0.25, 0.3) is 0 Å². The molecule has 0 bridgehead atoms. The first kappa shape index (κ1) is 15.4. The van der Waals surface area contributed by atoms with E-state index in [2.05, 4.69) is 0 Å². The summed E-state index contributed by atoms with van der Waals surface area (Å²) in [7, 11) is 0. The maximum absolute atomic E-state index is 12.4. The lowest BCUT2D eigenvalue weighted by molar-refractivity contribution is -0.137. The van der Waals surface area contributed by atoms with Crippen LogP contribution in [0.15, 0.2) is 34.7 Å². The van der Waals surface area contributed by atoms with Crippen molar-refractivity contribution in [1.82, 2.24) is 0 Å². The third kappa shape index (κ3) is 4.51. The van der Waals surface area contributed by atoms with E-state index in [0.717, 1.165) is 12.1 Å². The summed E-state index contributed by atoms with van der Waals surface area (Å²) >= 11 is 1.18. The second-order valence-electron chi connectivity index (χ2n) is 3.75. The average molecular weight is 291 g/mol. The molecule has 0 unspecified atom stereocenters. The minimum Gasteiger partial charge on any atom is -0.478 e. The number of hydrogen-bond donors (Lipinski definition) is 2. The van der Waals surface area contributed by atoms with Crippen LogP contribution < -0.4 is 5.73 Å². The normalized spacial score (nSPS) is 12.5. The molecule has 0 amide bonds. The van der Waals surface area contributed by atoms with E-state index in [-0.39, 0.29) is 11.3 Å². The topological polar surface area (TPSA) is 63.3 Å². The Kier molecular flexibility index (Phi) is 4.88. The van der Waals surface area contributed by atoms with Gasteiger partial charge in [0.2, 0.25) is 0 Å². The van der Waals surface area contributed by atoms with Crippen molar-refractivity contribution in [2.24, 2.45) is 0 Å². The molecule has 0 saturated carbocycles. The van der Waals surface area contributed by atoms with Crippen LogP contribution in [0, 0.1) is 0 Å². The van der Waals surface area contributed by atoms with Crippen LogP contribution in [0.4, 0.5) is 18.9 Å². The summed E-state index contributed by atoms with van der Waals surface area (Å²) in [5, 5.41) is 8.63. The monoisotopic (exact) mass is 291 g/mol. The quantitative estimate of drug-likeness (QED) is 0.507. The Hall–Kier alpha value is -1.63. The number of halogens is 3. The number of nitrogen functional groups attached to an aromatic ring is 1. The van der Waals surface area contributed by atoms with Crippen molar-refractivity contribution in [3.63, 3.8) is 0 Å². The summed E-state index contributed by atoms with van der Waals surface area (Å²) in [6, 6.07) is 3.11. The van der Waals surface area contributed by atoms with E-state index < -0.39 is 17.7 Å². The van der Waals surface area contributed by atoms with Gasteiger partial charge in [0.1, 0.15) is 0 Å². The molecule has 0 radical (unpaired) electrons. The highest BCUT2D eigenvalue weighted by Crippen LogP contribution is 2.34. The molecular formula is C12H12F3NO2S. The number of benzene rings is 1. The highest BCUT2D eigenvalue weighted by molar-refractivity contribution is 7.99. The molecule has 0 aromatic heterocycles. The van der Waals surface area contributed by atoms with Crippen LogP contribution in [0.1, 0.15) is 12.5 Å². The molecule has 0 fully saturated rings. The molecule has 0 heterocycles. The zero-order valence-corrected chi connectivity index (χ0v) is 10.8. The smallest absolute Gasteiger partial charge is 0.416 e. The first-order valence-electron chi connectivity index (χ1n) is 5.21. The predicted molar refractivity (Wildman–Crippen MR) is 68.0 cm³/mol. The third-order valence-electron chi connectivity index (χ3n) is 2.30. The Morgan fingerprint density at radius 3 is 2.58 bits per heavy atom. The van der Waals surface area contributed by atoms with Crippen LogP contribution in [0.3, 0.4) is 0 Å². The van der Waals surface area contributed by atoms with Gasteiger partial charge < -0.3 is 10.8 Å². The fourth-order valence-electron chi connectivity index (χ4n) is 1.20. The van der Waals surface area contributed by atoms with Gasteiger partial charge >= 0.3 is 12.1 Å². The Bertz CT molecular complexity index is 512. The number of carboxylic acid groups (broad SMARTS) is 1. The minimum absolute atomic E-state index is 0.0289. The van der Waals surface area contributed by atoms with Gasteiger partial charge in [-0.3, -0.25) is 0 Å². The van der Waals surface area contributed by atoms with E-state index in [1.165, 1.54) is 30.8 Å². The largest absolute Gasteiger partial charge is 0.478 e. The van der Waals surface area contributed by atoms with Gasteiger partial charge in [-0.05, 0) is 25.1 Å². The number of anilines is 1. The zero-order chi connectivity index (χ0) is 14.6. The Labute approximate surface area is 112 Å². The first-order chi connectivity index (χ1) is 8.71. The highest BCUT2D eigenvalue weighted by atomic mass is 32.2. The van der Waals surface area contributed by atoms with Crippen LogP contribution in [-0.2, 0) is 11.0 Å². The van der Waals surface area contributed by atoms with Gasteiger partial charge in [0.25, 0.3) is 0 Å². The Balaban J connectivity index is 2.77. The van der Waals surface area contributed by atoms with Crippen molar-refractivity contribution in [2.45, 2.75) is 18.0 Å². The number of nitrogens with two attached hydrogens (primary N) is 1. The van der Waals surface area contributed by atoms with Crippen LogP contribution >= 0.6 is 11.8 Å². The number of thioether (sulfide) groups is 1. The summed E-state index contributed by atoms with van der Waals surface area (Å²) in [6.45, 7) is 1.44. The number of alkyl halides is 3. The SMILES string of the molecule is CC(=CCSc1ccc(C(F)(F)F)cc1N)C(=O)O. The molecule has 1 rings (SSSR count). The average Bonchev–Trinajstić information content (AvgIpc) is 2.29. The Morgan fingerprint density at radius 1 is 1.47 bits per heavy atom. The molecule has 0 saturated heterocycles. The fraction of sp³-hybridized carbons (Fsp3) is 0.250. The van der Waals surface area contributed by atoms with E-state index in [1.807, 2.05) is 0 Å². The lowest BCUT2D eigenvalue weighted by Gasteiger charge is -2.10. The number of carboxylic acids is 1. The lowest BCUT2D eigenvalue weighted by Crippen LogP contribution is -2.05. The maximum Gasteiger partial charge on any atom is 0.416 e. The summed E-state index contributed by atoms with van der Waals surface area (Å²) in [6.07, 6.45) is -2.94. The van der Waals surface area contributed by atoms with Crippen LogP contribution in [-0.4, -0.2) is 16.8 Å². The minimum atomic E-state index is -4.42. The van der Waals surface area contributed by atoms with Crippen molar-refractivity contribution < 1.29 is 23.1 Å². The maximum atomic E-state index is 12.4. The highest BCUT2D eigenvalue weighted by Gasteiger charge is 2.30. The van der Waals surface area contributed by atoms with Gasteiger partial charge in [0.05, 0.1) is 5.56 Å². The van der Waals surface area contributed by atoms with E-state index in [1.54, 1.807) is 0 Å². The first-order valence-corrected chi connectivity index (χ1v) is 6.20. The van der Waals surface area contributed by atoms with Crippen molar-refractivity contribution in [3.05, 3.63) is 35.4 Å². The molecule has 0 spiro atoms. The van der Waals surface area contributed by atoms with Crippen molar-refractivity contribution >= 4 is 23.4 Å². The summed E-state index contributed by atoms with van der Waals surface area (Å²) in [5.74, 6) is -0.700. The van der Waals surface area contributed by atoms with Gasteiger partial charge in [0, 0.05) is 21.9 Å². The molecule has 3 N–H and O–H groups in total. The van der Waals surface area contributed by atoms with E-state index in [9.17, 15) is 18.0 Å². The lowest BCUT2D eigenvalue weighted by atomic mass is 10.2. The predicted octanol–water partition coefficient (Wildman–Crippen LogP) is 3.41. The molecule has 19 heavy (non-hydrogen) atoms. The van der Waals surface area contributed by atoms with Gasteiger partial charge in [-0.25, -0.2) is 4.79 Å². The number of aliphatic carboxylic acids is 1. The summed E-state index contributed by atoms with van der Waals surface area (Å²) < 4.78 is 37.2. The zero-order valence-electron chi connectivity index (χ0n) is 9.99. The van der Waals surface area contributed by atoms with Gasteiger partial charge in [-0.2, -0.15) is 13.2 Å². The second-order valence-corrected chi connectivity index (χ2v) is 4.82. The number of rotatable bonds is 4. The molecule has 0 atom stereocenters. The fourth-order valence-corrected chi connectivity index (χ4v) is 2.10. The second kappa shape index (κ2) is 6.01. The van der Waals surface area contributed by atoms with Crippen molar-refractivity contribution in [3.8, 4) is 0 Å². The molecule has 104 valence electrons. The van der Waals surface area contributed by atoms with Crippen molar-refractivity contribution in [2.75, 3.05) is 11.5 Å². The Morgan fingerprint density at radius 2 is 2.11 bits per heavy atom. The third-order valence-corrected chi connectivity index (χ3v) is 3.32. The molecular weight excluding hydrogens is 279 g/mol.